The first-order chi connectivity index (χ1) is 10.7. The Kier molecular flexibility index (Phi) is 4.25. The number of carbonyl (C=O) groups is 1. The zero-order valence-electron chi connectivity index (χ0n) is 12.7. The lowest BCUT2D eigenvalue weighted by Crippen LogP contribution is -2.44. The molecule has 0 heterocycles. The van der Waals surface area contributed by atoms with Gasteiger partial charge < -0.3 is 11.1 Å². The standard InChI is InChI=1S/C19H22N2O/c20-14-15-8-4-5-11-17(15)18(22)21-19(12-6-7-13-19)16-9-2-1-3-10-16/h1-5,8-11H,6-7,12-14,20H2,(H,21,22). The van der Waals surface area contributed by atoms with Crippen molar-refractivity contribution in [3.8, 4) is 0 Å². The highest BCUT2D eigenvalue weighted by Gasteiger charge is 2.37. The summed E-state index contributed by atoms with van der Waals surface area (Å²) in [5.74, 6) is -0.0215. The lowest BCUT2D eigenvalue weighted by Gasteiger charge is -2.31. The summed E-state index contributed by atoms with van der Waals surface area (Å²) < 4.78 is 0. The Balaban J connectivity index is 1.90. The topological polar surface area (TPSA) is 55.1 Å². The number of hydrogen-bond donors (Lipinski definition) is 2. The van der Waals surface area contributed by atoms with Gasteiger partial charge in [0.05, 0.1) is 5.54 Å². The van der Waals surface area contributed by atoms with Gasteiger partial charge in [-0.05, 0) is 30.0 Å². The van der Waals surface area contributed by atoms with E-state index in [1.165, 1.54) is 5.56 Å². The van der Waals surface area contributed by atoms with E-state index in [0.717, 1.165) is 31.2 Å². The minimum absolute atomic E-state index is 0.0215. The van der Waals surface area contributed by atoms with Crippen molar-refractivity contribution >= 4 is 5.91 Å². The normalized spacial score (nSPS) is 16.4. The van der Waals surface area contributed by atoms with E-state index in [1.54, 1.807) is 0 Å². The summed E-state index contributed by atoms with van der Waals surface area (Å²) >= 11 is 0. The molecule has 3 heteroatoms. The third-order valence-corrected chi connectivity index (χ3v) is 4.62. The van der Waals surface area contributed by atoms with Gasteiger partial charge in [0.25, 0.3) is 5.91 Å². The van der Waals surface area contributed by atoms with Crippen molar-refractivity contribution in [3.63, 3.8) is 0 Å². The van der Waals surface area contributed by atoms with Crippen molar-refractivity contribution in [1.82, 2.24) is 5.32 Å². The van der Waals surface area contributed by atoms with Crippen molar-refractivity contribution in [2.24, 2.45) is 5.73 Å². The van der Waals surface area contributed by atoms with Crippen molar-refractivity contribution in [2.75, 3.05) is 0 Å². The molecule has 2 aromatic carbocycles. The maximum atomic E-state index is 12.8. The van der Waals surface area contributed by atoms with Crippen LogP contribution in [-0.2, 0) is 12.1 Å². The van der Waals surface area contributed by atoms with E-state index in [1.807, 2.05) is 42.5 Å². The summed E-state index contributed by atoms with van der Waals surface area (Å²) in [6.07, 6.45) is 4.28. The van der Waals surface area contributed by atoms with Gasteiger partial charge in [0.1, 0.15) is 0 Å². The summed E-state index contributed by atoms with van der Waals surface area (Å²) in [7, 11) is 0. The summed E-state index contributed by atoms with van der Waals surface area (Å²) in [6, 6.07) is 17.9. The van der Waals surface area contributed by atoms with Crippen LogP contribution in [0.5, 0.6) is 0 Å². The van der Waals surface area contributed by atoms with Crippen molar-refractivity contribution in [2.45, 2.75) is 37.8 Å². The molecule has 1 saturated carbocycles. The maximum absolute atomic E-state index is 12.8. The minimum Gasteiger partial charge on any atom is -0.343 e. The van der Waals surface area contributed by atoms with Gasteiger partial charge in [-0.15, -0.1) is 0 Å². The van der Waals surface area contributed by atoms with E-state index in [0.29, 0.717) is 12.1 Å². The van der Waals surface area contributed by atoms with Crippen LogP contribution in [0.3, 0.4) is 0 Å². The van der Waals surface area contributed by atoms with Crippen molar-refractivity contribution in [3.05, 3.63) is 71.3 Å². The molecule has 0 radical (unpaired) electrons. The van der Waals surface area contributed by atoms with Gasteiger partial charge >= 0.3 is 0 Å². The molecule has 0 saturated heterocycles. The molecule has 0 aromatic heterocycles. The average molecular weight is 294 g/mol. The Morgan fingerprint density at radius 1 is 1.00 bits per heavy atom. The predicted molar refractivity (Wildman–Crippen MR) is 88.4 cm³/mol. The monoisotopic (exact) mass is 294 g/mol. The van der Waals surface area contributed by atoms with Gasteiger partial charge in [-0.2, -0.15) is 0 Å². The fourth-order valence-electron chi connectivity index (χ4n) is 3.43. The highest BCUT2D eigenvalue weighted by molar-refractivity contribution is 5.96. The molecule has 3 nitrogen and oxygen atoms in total. The third-order valence-electron chi connectivity index (χ3n) is 4.62. The fourth-order valence-corrected chi connectivity index (χ4v) is 3.43. The third kappa shape index (κ3) is 2.77. The van der Waals surface area contributed by atoms with Gasteiger partial charge in [0.15, 0.2) is 0 Å². The van der Waals surface area contributed by atoms with Crippen molar-refractivity contribution < 1.29 is 4.79 Å². The molecule has 1 aliphatic carbocycles. The molecule has 2 aromatic rings. The summed E-state index contributed by atoms with van der Waals surface area (Å²) in [5, 5.41) is 3.31. The van der Waals surface area contributed by atoms with Crippen LogP contribution in [0, 0.1) is 0 Å². The first-order valence-electron chi connectivity index (χ1n) is 7.91. The molecule has 1 fully saturated rings. The van der Waals surface area contributed by atoms with Gasteiger partial charge in [0.2, 0.25) is 0 Å². The molecule has 0 unspecified atom stereocenters. The second-order valence-electron chi connectivity index (χ2n) is 5.97. The molecule has 22 heavy (non-hydrogen) atoms. The Labute approximate surface area is 131 Å². The van der Waals surface area contributed by atoms with E-state index >= 15 is 0 Å². The summed E-state index contributed by atoms with van der Waals surface area (Å²) in [6.45, 7) is 0.377. The maximum Gasteiger partial charge on any atom is 0.252 e. The molecular formula is C19H22N2O. The van der Waals surface area contributed by atoms with Crippen LogP contribution in [0.1, 0.15) is 47.2 Å². The van der Waals surface area contributed by atoms with E-state index in [9.17, 15) is 4.79 Å². The lowest BCUT2D eigenvalue weighted by atomic mass is 9.87. The van der Waals surface area contributed by atoms with E-state index in [-0.39, 0.29) is 11.4 Å². The molecule has 114 valence electrons. The lowest BCUT2D eigenvalue weighted by molar-refractivity contribution is 0.0897. The minimum atomic E-state index is -0.236. The van der Waals surface area contributed by atoms with E-state index < -0.39 is 0 Å². The quantitative estimate of drug-likeness (QED) is 0.908. The molecule has 3 rings (SSSR count). The van der Waals surface area contributed by atoms with Gasteiger partial charge in [0, 0.05) is 12.1 Å². The molecular weight excluding hydrogens is 272 g/mol. The first-order valence-corrected chi connectivity index (χ1v) is 7.91. The number of carbonyl (C=O) groups excluding carboxylic acids is 1. The van der Waals surface area contributed by atoms with Crippen LogP contribution in [0.25, 0.3) is 0 Å². The van der Waals surface area contributed by atoms with Crippen LogP contribution in [0.15, 0.2) is 54.6 Å². The Morgan fingerprint density at radius 2 is 1.64 bits per heavy atom. The number of benzene rings is 2. The smallest absolute Gasteiger partial charge is 0.252 e. The van der Waals surface area contributed by atoms with E-state index in [4.69, 9.17) is 5.73 Å². The second kappa shape index (κ2) is 6.32. The average Bonchev–Trinajstić information content (AvgIpc) is 3.05. The molecule has 0 atom stereocenters. The molecule has 0 aliphatic heterocycles. The van der Waals surface area contributed by atoms with Crippen LogP contribution < -0.4 is 11.1 Å². The number of rotatable bonds is 4. The SMILES string of the molecule is NCc1ccccc1C(=O)NC1(c2ccccc2)CCCC1. The number of amides is 1. The van der Waals surface area contributed by atoms with Crippen LogP contribution >= 0.6 is 0 Å². The summed E-state index contributed by atoms with van der Waals surface area (Å²) in [5.41, 5.74) is 8.30. The molecule has 0 spiro atoms. The van der Waals surface area contributed by atoms with E-state index in [2.05, 4.69) is 17.4 Å². The van der Waals surface area contributed by atoms with Crippen molar-refractivity contribution in [1.29, 1.82) is 0 Å². The highest BCUT2D eigenvalue weighted by atomic mass is 16.1. The molecule has 1 amide bonds. The molecule has 1 aliphatic rings. The number of nitrogens with two attached hydrogens (primary N) is 1. The van der Waals surface area contributed by atoms with Gasteiger partial charge in [-0.1, -0.05) is 61.4 Å². The number of hydrogen-bond acceptors (Lipinski definition) is 2. The molecule has 0 bridgehead atoms. The van der Waals surface area contributed by atoms with Crippen LogP contribution in [-0.4, -0.2) is 5.91 Å². The van der Waals surface area contributed by atoms with Gasteiger partial charge in [-0.25, -0.2) is 0 Å². The Morgan fingerprint density at radius 3 is 2.32 bits per heavy atom. The van der Waals surface area contributed by atoms with Crippen LogP contribution in [0.2, 0.25) is 0 Å². The highest BCUT2D eigenvalue weighted by Crippen LogP contribution is 2.38. The Bertz CT molecular complexity index is 645. The largest absolute Gasteiger partial charge is 0.343 e. The first kappa shape index (κ1) is 14.8. The molecule has 3 N–H and O–H groups in total. The zero-order chi connectivity index (χ0) is 15.4. The predicted octanol–water partition coefficient (Wildman–Crippen LogP) is 3.34. The van der Waals surface area contributed by atoms with Crippen LogP contribution in [0.4, 0.5) is 0 Å². The summed E-state index contributed by atoms with van der Waals surface area (Å²) in [4.78, 5) is 12.8. The van der Waals surface area contributed by atoms with Gasteiger partial charge in [-0.3, -0.25) is 4.79 Å². The second-order valence-corrected chi connectivity index (χ2v) is 5.97. The fraction of sp³-hybridized carbons (Fsp3) is 0.316. The zero-order valence-corrected chi connectivity index (χ0v) is 12.7. The Hall–Kier alpha value is -2.13. The number of nitrogens with one attached hydrogen (secondary N) is 1.